The lowest BCUT2D eigenvalue weighted by Gasteiger charge is -2.10. The van der Waals surface area contributed by atoms with Gasteiger partial charge in [-0.15, -0.1) is 0 Å². The summed E-state index contributed by atoms with van der Waals surface area (Å²) < 4.78 is 9.53. The van der Waals surface area contributed by atoms with Gasteiger partial charge in [-0.25, -0.2) is 10.7 Å². The normalized spacial score (nSPS) is 9.94. The molecule has 3 N–H and O–H groups in total. The first-order chi connectivity index (χ1) is 7.63. The molecule has 0 aliphatic heterocycles. The standard InChI is InChI=1S/C10H13NO5/c1-14-9-4-8(12)6(5-16-11)3-7(9)10(13)15-2/h3-4,12H,5,11H2,1-2H3. The maximum absolute atomic E-state index is 11.4. The molecule has 0 aromatic heterocycles. The number of phenols is 1. The number of carbonyl (C=O) groups is 1. The minimum atomic E-state index is -0.560. The quantitative estimate of drug-likeness (QED) is 0.577. The Labute approximate surface area is 92.5 Å². The summed E-state index contributed by atoms with van der Waals surface area (Å²) in [6.07, 6.45) is 0. The first-order valence-corrected chi connectivity index (χ1v) is 4.44. The van der Waals surface area contributed by atoms with E-state index in [0.717, 1.165) is 0 Å². The van der Waals surface area contributed by atoms with Crippen molar-refractivity contribution in [3.05, 3.63) is 23.3 Å². The van der Waals surface area contributed by atoms with Crippen molar-refractivity contribution < 1.29 is 24.2 Å². The van der Waals surface area contributed by atoms with Gasteiger partial charge in [-0.05, 0) is 6.07 Å². The van der Waals surface area contributed by atoms with Crippen molar-refractivity contribution in [3.8, 4) is 11.5 Å². The second kappa shape index (κ2) is 5.34. The maximum atomic E-state index is 11.4. The molecule has 0 unspecified atom stereocenters. The van der Waals surface area contributed by atoms with Crippen LogP contribution in [-0.4, -0.2) is 25.3 Å². The Balaban J connectivity index is 3.22. The molecule has 1 rings (SSSR count). The Morgan fingerprint density at radius 1 is 1.44 bits per heavy atom. The minimum absolute atomic E-state index is 0.0141. The largest absolute Gasteiger partial charge is 0.507 e. The van der Waals surface area contributed by atoms with Gasteiger partial charge in [0, 0.05) is 11.6 Å². The first kappa shape index (κ1) is 12.3. The van der Waals surface area contributed by atoms with E-state index in [1.807, 2.05) is 0 Å². The molecule has 0 spiro atoms. The predicted molar refractivity (Wildman–Crippen MR) is 55.0 cm³/mol. The predicted octanol–water partition coefficient (Wildman–Crippen LogP) is 0.578. The van der Waals surface area contributed by atoms with Crippen LogP contribution in [0.2, 0.25) is 0 Å². The lowest BCUT2D eigenvalue weighted by molar-refractivity contribution is 0.0596. The lowest BCUT2D eigenvalue weighted by Crippen LogP contribution is -2.06. The molecule has 1 aromatic rings. The number of aromatic hydroxyl groups is 1. The Kier molecular flexibility index (Phi) is 4.10. The highest BCUT2D eigenvalue weighted by atomic mass is 16.6. The summed E-state index contributed by atoms with van der Waals surface area (Å²) in [5.74, 6) is 4.51. The molecule has 0 atom stereocenters. The molecule has 88 valence electrons. The first-order valence-electron chi connectivity index (χ1n) is 4.44. The van der Waals surface area contributed by atoms with Gasteiger partial charge in [0.25, 0.3) is 0 Å². The highest BCUT2D eigenvalue weighted by molar-refractivity contribution is 5.93. The van der Waals surface area contributed by atoms with Crippen LogP contribution in [0.5, 0.6) is 11.5 Å². The van der Waals surface area contributed by atoms with Crippen molar-refractivity contribution in [2.45, 2.75) is 6.61 Å². The maximum Gasteiger partial charge on any atom is 0.341 e. The Bertz CT molecular complexity index is 391. The average molecular weight is 227 g/mol. The lowest BCUT2D eigenvalue weighted by atomic mass is 10.1. The summed E-state index contributed by atoms with van der Waals surface area (Å²) >= 11 is 0. The van der Waals surface area contributed by atoms with Gasteiger partial charge >= 0.3 is 5.97 Å². The monoisotopic (exact) mass is 227 g/mol. The fourth-order valence-corrected chi connectivity index (χ4v) is 1.26. The smallest absolute Gasteiger partial charge is 0.341 e. The van der Waals surface area contributed by atoms with E-state index in [1.165, 1.54) is 26.4 Å². The van der Waals surface area contributed by atoms with E-state index in [-0.39, 0.29) is 23.7 Å². The fraction of sp³-hybridized carbons (Fsp3) is 0.300. The molecule has 16 heavy (non-hydrogen) atoms. The molecular formula is C10H13NO5. The number of hydrogen-bond acceptors (Lipinski definition) is 6. The molecule has 0 aliphatic carbocycles. The number of hydrogen-bond donors (Lipinski definition) is 2. The van der Waals surface area contributed by atoms with Crippen LogP contribution in [0.3, 0.4) is 0 Å². The average Bonchev–Trinajstić information content (AvgIpc) is 2.30. The van der Waals surface area contributed by atoms with E-state index >= 15 is 0 Å². The zero-order chi connectivity index (χ0) is 12.1. The van der Waals surface area contributed by atoms with Gasteiger partial charge in [0.1, 0.15) is 17.1 Å². The van der Waals surface area contributed by atoms with E-state index in [4.69, 9.17) is 10.6 Å². The summed E-state index contributed by atoms with van der Waals surface area (Å²) in [6, 6.07) is 2.72. The Morgan fingerprint density at radius 2 is 2.12 bits per heavy atom. The molecule has 0 aliphatic rings. The van der Waals surface area contributed by atoms with Crippen LogP contribution in [0.4, 0.5) is 0 Å². The van der Waals surface area contributed by atoms with E-state index in [2.05, 4.69) is 9.57 Å². The van der Waals surface area contributed by atoms with Crippen LogP contribution >= 0.6 is 0 Å². The van der Waals surface area contributed by atoms with E-state index in [9.17, 15) is 9.90 Å². The Hall–Kier alpha value is -1.79. The van der Waals surface area contributed by atoms with Gasteiger partial charge in [-0.2, -0.15) is 0 Å². The molecular weight excluding hydrogens is 214 g/mol. The van der Waals surface area contributed by atoms with Gasteiger partial charge in [0.2, 0.25) is 0 Å². The minimum Gasteiger partial charge on any atom is -0.507 e. The summed E-state index contributed by atoms with van der Waals surface area (Å²) in [5, 5.41) is 9.56. The van der Waals surface area contributed by atoms with Gasteiger partial charge in [0.15, 0.2) is 0 Å². The highest BCUT2D eigenvalue weighted by Crippen LogP contribution is 2.29. The molecule has 0 fully saturated rings. The van der Waals surface area contributed by atoms with Crippen molar-refractivity contribution in [2.75, 3.05) is 14.2 Å². The molecule has 0 radical (unpaired) electrons. The molecule has 0 saturated carbocycles. The van der Waals surface area contributed by atoms with E-state index in [0.29, 0.717) is 5.56 Å². The van der Waals surface area contributed by atoms with Gasteiger partial charge in [0.05, 0.1) is 20.8 Å². The second-order valence-electron chi connectivity index (χ2n) is 2.98. The van der Waals surface area contributed by atoms with Crippen LogP contribution in [0.15, 0.2) is 12.1 Å². The Morgan fingerprint density at radius 3 is 2.62 bits per heavy atom. The van der Waals surface area contributed by atoms with Crippen LogP contribution in [0.1, 0.15) is 15.9 Å². The van der Waals surface area contributed by atoms with Gasteiger partial charge in [-0.1, -0.05) is 0 Å². The summed E-state index contributed by atoms with van der Waals surface area (Å²) in [6.45, 7) is -0.0141. The summed E-state index contributed by atoms with van der Waals surface area (Å²) in [5.41, 5.74) is 0.582. The molecule has 6 nitrogen and oxygen atoms in total. The molecule has 0 heterocycles. The molecule has 6 heteroatoms. The number of carbonyl (C=O) groups excluding carboxylic acids is 1. The van der Waals surface area contributed by atoms with Gasteiger partial charge in [-0.3, -0.25) is 4.84 Å². The van der Waals surface area contributed by atoms with E-state index in [1.54, 1.807) is 0 Å². The number of rotatable bonds is 4. The number of phenolic OH excluding ortho intramolecular Hbond substituents is 1. The van der Waals surface area contributed by atoms with Crippen LogP contribution in [0.25, 0.3) is 0 Å². The van der Waals surface area contributed by atoms with Crippen molar-refractivity contribution in [2.24, 2.45) is 5.90 Å². The second-order valence-corrected chi connectivity index (χ2v) is 2.98. The van der Waals surface area contributed by atoms with Gasteiger partial charge < -0.3 is 14.6 Å². The molecule has 0 amide bonds. The van der Waals surface area contributed by atoms with Crippen molar-refractivity contribution >= 4 is 5.97 Å². The number of methoxy groups -OCH3 is 2. The number of nitrogens with two attached hydrogens (primary N) is 1. The van der Waals surface area contributed by atoms with Crippen LogP contribution in [0, 0.1) is 0 Å². The van der Waals surface area contributed by atoms with E-state index < -0.39 is 5.97 Å². The summed E-state index contributed by atoms with van der Waals surface area (Å²) in [7, 11) is 2.65. The third-order valence-corrected chi connectivity index (χ3v) is 2.04. The van der Waals surface area contributed by atoms with Crippen LogP contribution in [-0.2, 0) is 16.2 Å². The van der Waals surface area contributed by atoms with Crippen molar-refractivity contribution in [1.82, 2.24) is 0 Å². The van der Waals surface area contributed by atoms with Crippen molar-refractivity contribution in [1.29, 1.82) is 0 Å². The zero-order valence-electron chi connectivity index (χ0n) is 9.02. The number of benzene rings is 1. The molecule has 0 bridgehead atoms. The third kappa shape index (κ3) is 2.41. The molecule has 0 saturated heterocycles. The fourth-order valence-electron chi connectivity index (χ4n) is 1.26. The number of esters is 1. The zero-order valence-corrected chi connectivity index (χ0v) is 9.02. The number of ether oxygens (including phenoxy) is 2. The summed E-state index contributed by atoms with van der Waals surface area (Å²) in [4.78, 5) is 15.8. The van der Waals surface area contributed by atoms with Crippen molar-refractivity contribution in [3.63, 3.8) is 0 Å². The van der Waals surface area contributed by atoms with Crippen LogP contribution < -0.4 is 10.6 Å². The topological polar surface area (TPSA) is 91.0 Å². The SMILES string of the molecule is COC(=O)c1cc(CON)c(O)cc1OC. The highest BCUT2D eigenvalue weighted by Gasteiger charge is 2.16. The third-order valence-electron chi connectivity index (χ3n) is 2.04. The molecule has 1 aromatic carbocycles.